The molecule has 0 amide bonds. The molecular weight excluding hydrogens is 262 g/mol. The summed E-state index contributed by atoms with van der Waals surface area (Å²) in [6, 6.07) is 6.10. The second kappa shape index (κ2) is 8.04. The third kappa shape index (κ3) is 6.08. The maximum absolute atomic E-state index is 11.6. The number of carbonyl (C=O) groups is 1. The molecule has 0 aliphatic heterocycles. The largest absolute Gasteiger partial charge is 0.508 e. The van der Waals surface area contributed by atoms with Gasteiger partial charge in [0.25, 0.3) is 0 Å². The Balaban J connectivity index is 2.28. The Morgan fingerprint density at radius 2 is 1.90 bits per heavy atom. The zero-order chi connectivity index (χ0) is 15.0. The lowest BCUT2D eigenvalue weighted by Gasteiger charge is -2.13. The lowest BCUT2D eigenvalue weighted by atomic mass is 10.3. The molecule has 0 bridgehead atoms. The van der Waals surface area contributed by atoms with Crippen LogP contribution in [0.4, 0.5) is 0 Å². The lowest BCUT2D eigenvalue weighted by Crippen LogP contribution is -2.27. The number of phenols is 1. The Morgan fingerprint density at radius 3 is 2.50 bits per heavy atom. The Labute approximate surface area is 117 Å². The fourth-order valence-electron chi connectivity index (χ4n) is 1.25. The Bertz CT molecular complexity index is 451. The first-order valence-corrected chi connectivity index (χ1v) is 6.24. The fraction of sp³-hybridized carbons (Fsp3) is 0.429. The summed E-state index contributed by atoms with van der Waals surface area (Å²) in [6.07, 6.45) is -0.740. The van der Waals surface area contributed by atoms with Gasteiger partial charge in [0, 0.05) is 0 Å². The number of phenolic OH excluding ortho intramolecular Hbond substituents is 1. The average Bonchev–Trinajstić information content (AvgIpc) is 2.40. The van der Waals surface area contributed by atoms with Gasteiger partial charge in [0.1, 0.15) is 18.1 Å². The molecule has 1 aromatic rings. The van der Waals surface area contributed by atoms with Crippen molar-refractivity contribution in [2.45, 2.75) is 26.9 Å². The first-order chi connectivity index (χ1) is 9.49. The molecule has 1 N–H and O–H groups in total. The number of hydrogen-bond donors (Lipinski definition) is 1. The van der Waals surface area contributed by atoms with Gasteiger partial charge in [0.2, 0.25) is 0 Å². The Hall–Kier alpha value is -2.24. The molecule has 110 valence electrons. The van der Waals surface area contributed by atoms with E-state index in [0.717, 1.165) is 5.71 Å². The predicted molar refractivity (Wildman–Crippen MR) is 73.9 cm³/mol. The van der Waals surface area contributed by atoms with Crippen molar-refractivity contribution in [3.63, 3.8) is 0 Å². The van der Waals surface area contributed by atoms with Crippen LogP contribution in [0.25, 0.3) is 0 Å². The SMILES string of the molecule is CC(C)=NOCCOC(=O)C(C)Oc1ccc(O)cc1. The summed E-state index contributed by atoms with van der Waals surface area (Å²) in [5.41, 5.74) is 0.792. The van der Waals surface area contributed by atoms with Gasteiger partial charge in [-0.25, -0.2) is 4.79 Å². The number of ether oxygens (including phenoxy) is 2. The molecule has 0 aliphatic carbocycles. The number of oxime groups is 1. The summed E-state index contributed by atoms with van der Waals surface area (Å²) in [5.74, 6) is 0.130. The van der Waals surface area contributed by atoms with Gasteiger partial charge >= 0.3 is 5.97 Å². The van der Waals surface area contributed by atoms with Gasteiger partial charge in [-0.2, -0.15) is 0 Å². The topological polar surface area (TPSA) is 77.4 Å². The van der Waals surface area contributed by atoms with Crippen LogP contribution in [0.15, 0.2) is 29.4 Å². The summed E-state index contributed by atoms with van der Waals surface area (Å²) in [5, 5.41) is 12.8. The first kappa shape index (κ1) is 15.8. The number of rotatable bonds is 7. The summed E-state index contributed by atoms with van der Waals surface area (Å²) in [6.45, 7) is 5.51. The molecule has 0 aliphatic rings. The van der Waals surface area contributed by atoms with E-state index in [-0.39, 0.29) is 19.0 Å². The standard InChI is InChI=1S/C14H19NO5/c1-10(2)15-19-9-8-18-14(17)11(3)20-13-6-4-12(16)5-7-13/h4-7,11,16H,8-9H2,1-3H3. The predicted octanol–water partition coefficient (Wildman–Crippen LogP) is 2.12. The maximum Gasteiger partial charge on any atom is 0.347 e. The Morgan fingerprint density at radius 1 is 1.25 bits per heavy atom. The van der Waals surface area contributed by atoms with Crippen molar-refractivity contribution in [3.8, 4) is 11.5 Å². The molecular formula is C14H19NO5. The number of benzene rings is 1. The smallest absolute Gasteiger partial charge is 0.347 e. The van der Waals surface area contributed by atoms with Crippen LogP contribution < -0.4 is 4.74 Å². The van der Waals surface area contributed by atoms with E-state index in [4.69, 9.17) is 19.4 Å². The van der Waals surface area contributed by atoms with E-state index < -0.39 is 12.1 Å². The van der Waals surface area contributed by atoms with Crippen molar-refractivity contribution < 1.29 is 24.2 Å². The lowest BCUT2D eigenvalue weighted by molar-refractivity contribution is -0.152. The average molecular weight is 281 g/mol. The van der Waals surface area contributed by atoms with Crippen LogP contribution >= 0.6 is 0 Å². The molecule has 6 heteroatoms. The molecule has 0 saturated heterocycles. The van der Waals surface area contributed by atoms with Crippen molar-refractivity contribution in [2.24, 2.45) is 5.16 Å². The van der Waals surface area contributed by atoms with Gasteiger partial charge in [-0.05, 0) is 45.0 Å². The van der Waals surface area contributed by atoms with Crippen molar-refractivity contribution in [1.82, 2.24) is 0 Å². The zero-order valence-electron chi connectivity index (χ0n) is 11.8. The molecule has 0 radical (unpaired) electrons. The molecule has 0 spiro atoms. The van der Waals surface area contributed by atoms with Crippen molar-refractivity contribution in [2.75, 3.05) is 13.2 Å². The second-order valence-electron chi connectivity index (χ2n) is 4.29. The van der Waals surface area contributed by atoms with Crippen LogP contribution in [0.5, 0.6) is 11.5 Å². The number of esters is 1. The highest BCUT2D eigenvalue weighted by atomic mass is 16.6. The molecule has 0 saturated carbocycles. The van der Waals surface area contributed by atoms with Gasteiger partial charge in [0.15, 0.2) is 12.7 Å². The van der Waals surface area contributed by atoms with Gasteiger partial charge in [-0.3, -0.25) is 0 Å². The maximum atomic E-state index is 11.6. The molecule has 0 aromatic heterocycles. The van der Waals surface area contributed by atoms with Crippen LogP contribution in [0.2, 0.25) is 0 Å². The Kier molecular flexibility index (Phi) is 6.36. The molecule has 0 fully saturated rings. The monoisotopic (exact) mass is 281 g/mol. The minimum atomic E-state index is -0.740. The molecule has 1 unspecified atom stereocenters. The van der Waals surface area contributed by atoms with Crippen LogP contribution in [0, 0.1) is 0 Å². The molecule has 20 heavy (non-hydrogen) atoms. The van der Waals surface area contributed by atoms with E-state index in [2.05, 4.69) is 5.16 Å². The van der Waals surface area contributed by atoms with Crippen molar-refractivity contribution in [1.29, 1.82) is 0 Å². The summed E-state index contributed by atoms with van der Waals surface area (Å²) < 4.78 is 10.3. The molecule has 1 aromatic carbocycles. The third-order valence-electron chi connectivity index (χ3n) is 2.15. The van der Waals surface area contributed by atoms with Gasteiger partial charge < -0.3 is 19.4 Å². The summed E-state index contributed by atoms with van der Waals surface area (Å²) >= 11 is 0. The van der Waals surface area contributed by atoms with Crippen molar-refractivity contribution in [3.05, 3.63) is 24.3 Å². The number of hydrogen-bond acceptors (Lipinski definition) is 6. The zero-order valence-corrected chi connectivity index (χ0v) is 11.8. The van der Waals surface area contributed by atoms with Crippen LogP contribution in [0.1, 0.15) is 20.8 Å². The van der Waals surface area contributed by atoms with Crippen LogP contribution in [-0.2, 0) is 14.4 Å². The first-order valence-electron chi connectivity index (χ1n) is 6.24. The minimum Gasteiger partial charge on any atom is -0.508 e. The molecule has 1 rings (SSSR count). The molecule has 1 atom stereocenters. The van der Waals surface area contributed by atoms with E-state index in [1.54, 1.807) is 32.9 Å². The summed E-state index contributed by atoms with van der Waals surface area (Å²) in [4.78, 5) is 16.5. The second-order valence-corrected chi connectivity index (χ2v) is 4.29. The minimum absolute atomic E-state index is 0.110. The van der Waals surface area contributed by atoms with Crippen LogP contribution in [-0.4, -0.2) is 36.1 Å². The van der Waals surface area contributed by atoms with Gasteiger partial charge in [0.05, 0.1) is 5.71 Å². The number of carbonyl (C=O) groups excluding carboxylic acids is 1. The number of nitrogens with zero attached hydrogens (tertiary/aromatic N) is 1. The van der Waals surface area contributed by atoms with E-state index >= 15 is 0 Å². The fourth-order valence-corrected chi connectivity index (χ4v) is 1.25. The van der Waals surface area contributed by atoms with Gasteiger partial charge in [-0.15, -0.1) is 0 Å². The molecule has 6 nitrogen and oxygen atoms in total. The van der Waals surface area contributed by atoms with E-state index in [1.807, 2.05) is 0 Å². The van der Waals surface area contributed by atoms with Gasteiger partial charge in [-0.1, -0.05) is 5.16 Å². The highest BCUT2D eigenvalue weighted by Crippen LogP contribution is 2.17. The normalized spacial score (nSPS) is 11.3. The number of aromatic hydroxyl groups is 1. The summed E-state index contributed by atoms with van der Waals surface area (Å²) in [7, 11) is 0. The highest BCUT2D eigenvalue weighted by Gasteiger charge is 2.16. The third-order valence-corrected chi connectivity index (χ3v) is 2.15. The molecule has 0 heterocycles. The van der Waals surface area contributed by atoms with E-state index in [9.17, 15) is 4.79 Å². The highest BCUT2D eigenvalue weighted by molar-refractivity contribution is 5.78. The van der Waals surface area contributed by atoms with Crippen LogP contribution in [0.3, 0.4) is 0 Å². The van der Waals surface area contributed by atoms with E-state index in [1.165, 1.54) is 12.1 Å². The van der Waals surface area contributed by atoms with Crippen molar-refractivity contribution >= 4 is 11.7 Å². The quantitative estimate of drug-likeness (QED) is 0.358. The van der Waals surface area contributed by atoms with E-state index in [0.29, 0.717) is 5.75 Å².